The molecular formula is C16H30N4. The Bertz CT molecular complexity index is 390. The van der Waals surface area contributed by atoms with Crippen LogP contribution in [0.2, 0.25) is 0 Å². The van der Waals surface area contributed by atoms with E-state index in [1.54, 1.807) is 0 Å². The van der Waals surface area contributed by atoms with E-state index in [9.17, 15) is 0 Å². The Kier molecular flexibility index (Phi) is 8.00. The van der Waals surface area contributed by atoms with E-state index in [-0.39, 0.29) is 0 Å². The lowest BCUT2D eigenvalue weighted by Crippen LogP contribution is -2.12. The van der Waals surface area contributed by atoms with Crippen LogP contribution < -0.4 is 10.6 Å². The largest absolute Gasteiger partial charge is 0.370 e. The number of hydrogen-bond acceptors (Lipinski definition) is 4. The maximum Gasteiger partial charge on any atom is 0.134 e. The summed E-state index contributed by atoms with van der Waals surface area (Å²) in [4.78, 5) is 9.20. The number of anilines is 2. The summed E-state index contributed by atoms with van der Waals surface area (Å²) in [5.41, 5.74) is 1.13. The molecule has 1 aromatic rings. The number of aromatic nitrogens is 2. The molecule has 20 heavy (non-hydrogen) atoms. The van der Waals surface area contributed by atoms with Gasteiger partial charge in [-0.05, 0) is 19.8 Å². The minimum Gasteiger partial charge on any atom is -0.370 e. The van der Waals surface area contributed by atoms with Gasteiger partial charge in [0.1, 0.15) is 17.5 Å². The Morgan fingerprint density at radius 3 is 2.00 bits per heavy atom. The molecule has 1 aromatic heterocycles. The standard InChI is InChI=1S/C16H30N4/c1-5-8-9-10-12-18-16-13(4)15(17-11-6-2)19-14(7-3)20-16/h5-12H2,1-4H3,(H2,17,18,19,20). The summed E-state index contributed by atoms with van der Waals surface area (Å²) in [6.07, 6.45) is 7.05. The Hall–Kier alpha value is -1.32. The number of rotatable bonds is 10. The molecule has 0 saturated carbocycles. The fraction of sp³-hybridized carbons (Fsp3) is 0.750. The van der Waals surface area contributed by atoms with Gasteiger partial charge in [0.25, 0.3) is 0 Å². The van der Waals surface area contributed by atoms with Gasteiger partial charge in [-0.3, -0.25) is 0 Å². The molecule has 4 heteroatoms. The smallest absolute Gasteiger partial charge is 0.134 e. The number of nitrogens with one attached hydrogen (secondary N) is 2. The average molecular weight is 278 g/mol. The van der Waals surface area contributed by atoms with Crippen LogP contribution >= 0.6 is 0 Å². The van der Waals surface area contributed by atoms with E-state index in [0.717, 1.165) is 49.0 Å². The summed E-state index contributed by atoms with van der Waals surface area (Å²) < 4.78 is 0. The van der Waals surface area contributed by atoms with Crippen LogP contribution in [0.15, 0.2) is 0 Å². The van der Waals surface area contributed by atoms with Crippen LogP contribution in [0.4, 0.5) is 11.6 Å². The molecule has 0 saturated heterocycles. The molecule has 0 amide bonds. The summed E-state index contributed by atoms with van der Waals surface area (Å²) >= 11 is 0. The molecular weight excluding hydrogens is 248 g/mol. The second kappa shape index (κ2) is 9.56. The first-order valence-corrected chi connectivity index (χ1v) is 8.08. The van der Waals surface area contributed by atoms with Crippen LogP contribution in [-0.2, 0) is 6.42 Å². The number of nitrogens with zero attached hydrogens (tertiary/aromatic N) is 2. The molecule has 0 bridgehead atoms. The van der Waals surface area contributed by atoms with Crippen molar-refractivity contribution in [2.75, 3.05) is 23.7 Å². The zero-order chi connectivity index (χ0) is 14.8. The van der Waals surface area contributed by atoms with Gasteiger partial charge in [0.2, 0.25) is 0 Å². The predicted molar refractivity (Wildman–Crippen MR) is 87.6 cm³/mol. The molecule has 1 rings (SSSR count). The topological polar surface area (TPSA) is 49.8 Å². The molecule has 0 fully saturated rings. The van der Waals surface area contributed by atoms with Crippen LogP contribution in [0, 0.1) is 6.92 Å². The van der Waals surface area contributed by atoms with Crippen LogP contribution in [0.3, 0.4) is 0 Å². The molecule has 4 nitrogen and oxygen atoms in total. The van der Waals surface area contributed by atoms with Gasteiger partial charge in [0, 0.05) is 25.1 Å². The van der Waals surface area contributed by atoms with Crippen molar-refractivity contribution in [1.82, 2.24) is 9.97 Å². The van der Waals surface area contributed by atoms with E-state index < -0.39 is 0 Å². The Balaban J connectivity index is 2.67. The fourth-order valence-corrected chi connectivity index (χ4v) is 2.07. The van der Waals surface area contributed by atoms with Crippen molar-refractivity contribution in [2.45, 2.75) is 66.2 Å². The highest BCUT2D eigenvalue weighted by molar-refractivity contribution is 5.57. The lowest BCUT2D eigenvalue weighted by atomic mass is 10.2. The van der Waals surface area contributed by atoms with Gasteiger partial charge in [-0.1, -0.05) is 40.0 Å². The molecule has 0 aliphatic heterocycles. The normalized spacial score (nSPS) is 10.6. The molecule has 0 atom stereocenters. The zero-order valence-corrected chi connectivity index (χ0v) is 13.6. The first-order valence-electron chi connectivity index (χ1n) is 8.08. The summed E-state index contributed by atoms with van der Waals surface area (Å²) in [7, 11) is 0. The Morgan fingerprint density at radius 1 is 0.800 bits per heavy atom. The highest BCUT2D eigenvalue weighted by atomic mass is 15.1. The number of unbranched alkanes of at least 4 members (excludes halogenated alkanes) is 3. The first kappa shape index (κ1) is 16.7. The minimum atomic E-state index is 0.867. The van der Waals surface area contributed by atoms with Crippen molar-refractivity contribution in [1.29, 1.82) is 0 Å². The van der Waals surface area contributed by atoms with Gasteiger partial charge in [-0.25, -0.2) is 9.97 Å². The molecule has 0 unspecified atom stereocenters. The Labute approximate surface area is 123 Å². The van der Waals surface area contributed by atoms with Crippen LogP contribution in [-0.4, -0.2) is 23.1 Å². The van der Waals surface area contributed by atoms with E-state index >= 15 is 0 Å². The molecule has 1 heterocycles. The van der Waals surface area contributed by atoms with E-state index in [0.29, 0.717) is 0 Å². The lowest BCUT2D eigenvalue weighted by molar-refractivity contribution is 0.683. The maximum atomic E-state index is 4.62. The van der Waals surface area contributed by atoms with E-state index in [2.05, 4.69) is 48.3 Å². The maximum absolute atomic E-state index is 4.62. The van der Waals surface area contributed by atoms with Gasteiger partial charge in [0.05, 0.1) is 0 Å². The van der Waals surface area contributed by atoms with Crippen molar-refractivity contribution in [3.63, 3.8) is 0 Å². The van der Waals surface area contributed by atoms with Crippen molar-refractivity contribution in [3.8, 4) is 0 Å². The second-order valence-electron chi connectivity index (χ2n) is 5.23. The SMILES string of the molecule is CCCCCCNc1nc(CC)nc(NCCC)c1C. The van der Waals surface area contributed by atoms with Crippen molar-refractivity contribution < 1.29 is 0 Å². The molecule has 0 spiro atoms. The molecule has 2 N–H and O–H groups in total. The van der Waals surface area contributed by atoms with Gasteiger partial charge in [-0.2, -0.15) is 0 Å². The fourth-order valence-electron chi connectivity index (χ4n) is 2.07. The van der Waals surface area contributed by atoms with E-state index in [4.69, 9.17) is 0 Å². The molecule has 114 valence electrons. The third-order valence-corrected chi connectivity index (χ3v) is 3.37. The summed E-state index contributed by atoms with van der Waals surface area (Å²) in [5, 5.41) is 6.87. The van der Waals surface area contributed by atoms with Gasteiger partial charge >= 0.3 is 0 Å². The third kappa shape index (κ3) is 5.35. The average Bonchev–Trinajstić information content (AvgIpc) is 2.47. The first-order chi connectivity index (χ1) is 9.72. The van der Waals surface area contributed by atoms with Crippen molar-refractivity contribution in [2.24, 2.45) is 0 Å². The van der Waals surface area contributed by atoms with E-state index in [1.165, 1.54) is 25.7 Å². The van der Waals surface area contributed by atoms with Gasteiger partial charge in [-0.15, -0.1) is 0 Å². The molecule has 0 radical (unpaired) electrons. The van der Waals surface area contributed by atoms with Gasteiger partial charge in [0.15, 0.2) is 0 Å². The zero-order valence-electron chi connectivity index (χ0n) is 13.6. The monoisotopic (exact) mass is 278 g/mol. The molecule has 0 aliphatic carbocycles. The summed E-state index contributed by atoms with van der Waals surface area (Å²) in [6, 6.07) is 0. The minimum absolute atomic E-state index is 0.867. The predicted octanol–water partition coefficient (Wildman–Crippen LogP) is 4.16. The van der Waals surface area contributed by atoms with Crippen molar-refractivity contribution in [3.05, 3.63) is 11.4 Å². The van der Waals surface area contributed by atoms with Gasteiger partial charge < -0.3 is 10.6 Å². The highest BCUT2D eigenvalue weighted by Gasteiger charge is 2.09. The molecule has 0 aliphatic rings. The number of hydrogen-bond donors (Lipinski definition) is 2. The Morgan fingerprint density at radius 2 is 1.45 bits per heavy atom. The van der Waals surface area contributed by atoms with E-state index in [1.807, 2.05) is 0 Å². The highest BCUT2D eigenvalue weighted by Crippen LogP contribution is 2.20. The quantitative estimate of drug-likeness (QED) is 0.631. The molecule has 0 aromatic carbocycles. The van der Waals surface area contributed by atoms with Crippen LogP contribution in [0.25, 0.3) is 0 Å². The van der Waals surface area contributed by atoms with Crippen LogP contribution in [0.1, 0.15) is 64.3 Å². The summed E-state index contributed by atoms with van der Waals surface area (Å²) in [6.45, 7) is 10.5. The lowest BCUT2D eigenvalue weighted by Gasteiger charge is -2.14. The van der Waals surface area contributed by atoms with Crippen molar-refractivity contribution >= 4 is 11.6 Å². The summed E-state index contributed by atoms with van der Waals surface area (Å²) in [5.74, 6) is 2.88. The number of aryl methyl sites for hydroxylation is 1. The second-order valence-corrected chi connectivity index (χ2v) is 5.23. The van der Waals surface area contributed by atoms with Crippen LogP contribution in [0.5, 0.6) is 0 Å². The third-order valence-electron chi connectivity index (χ3n) is 3.37.